The SMILES string of the molecule is Cc1ccc2c(c1)C(N1CCOC(CN(C)CC(=O)O)C1)C(C)C2. The molecule has 2 aliphatic rings. The van der Waals surface area contributed by atoms with E-state index < -0.39 is 5.97 Å². The van der Waals surface area contributed by atoms with E-state index in [-0.39, 0.29) is 12.6 Å². The highest BCUT2D eigenvalue weighted by Gasteiger charge is 2.36. The van der Waals surface area contributed by atoms with Crippen LogP contribution in [0.5, 0.6) is 0 Å². The Kier molecular flexibility index (Phi) is 5.23. The molecule has 3 atom stereocenters. The second kappa shape index (κ2) is 7.21. The number of carboxylic acids is 1. The number of ether oxygens (including phenoxy) is 1. The number of rotatable bonds is 5. The number of morpholine rings is 1. The topological polar surface area (TPSA) is 53.0 Å². The molecule has 1 aromatic carbocycles. The molecule has 0 spiro atoms. The lowest BCUT2D eigenvalue weighted by Crippen LogP contribution is -2.49. The summed E-state index contributed by atoms with van der Waals surface area (Å²) < 4.78 is 5.89. The first kappa shape index (κ1) is 17.4. The molecule has 1 aromatic rings. The van der Waals surface area contributed by atoms with Crippen molar-refractivity contribution in [1.29, 1.82) is 0 Å². The monoisotopic (exact) mass is 332 g/mol. The summed E-state index contributed by atoms with van der Waals surface area (Å²) in [6.07, 6.45) is 1.21. The van der Waals surface area contributed by atoms with Crippen molar-refractivity contribution in [3.63, 3.8) is 0 Å². The summed E-state index contributed by atoms with van der Waals surface area (Å²) in [5.41, 5.74) is 4.27. The van der Waals surface area contributed by atoms with Crippen molar-refractivity contribution < 1.29 is 14.6 Å². The van der Waals surface area contributed by atoms with Gasteiger partial charge in [0.15, 0.2) is 0 Å². The third-order valence-electron chi connectivity index (χ3n) is 5.18. The van der Waals surface area contributed by atoms with Crippen LogP contribution in [0.4, 0.5) is 0 Å². The maximum Gasteiger partial charge on any atom is 0.317 e. The van der Waals surface area contributed by atoms with Crippen LogP contribution in [0.3, 0.4) is 0 Å². The highest BCUT2D eigenvalue weighted by Crippen LogP contribution is 2.41. The Morgan fingerprint density at radius 3 is 3.00 bits per heavy atom. The van der Waals surface area contributed by atoms with Gasteiger partial charge in [-0.05, 0) is 37.4 Å². The minimum Gasteiger partial charge on any atom is -0.480 e. The van der Waals surface area contributed by atoms with Crippen LogP contribution in [0.2, 0.25) is 0 Å². The van der Waals surface area contributed by atoms with Crippen molar-refractivity contribution in [2.45, 2.75) is 32.4 Å². The number of nitrogens with zero attached hydrogens (tertiary/aromatic N) is 2. The Morgan fingerprint density at radius 1 is 1.46 bits per heavy atom. The maximum absolute atomic E-state index is 10.8. The first-order valence-electron chi connectivity index (χ1n) is 8.79. The molecule has 0 saturated carbocycles. The van der Waals surface area contributed by atoms with Crippen molar-refractivity contribution in [3.8, 4) is 0 Å². The third kappa shape index (κ3) is 3.79. The molecule has 0 aromatic heterocycles. The zero-order chi connectivity index (χ0) is 17.3. The average Bonchev–Trinajstić information content (AvgIpc) is 2.81. The Bertz CT molecular complexity index is 604. The molecular formula is C19H28N2O3. The van der Waals surface area contributed by atoms with Gasteiger partial charge in [-0.25, -0.2) is 0 Å². The van der Waals surface area contributed by atoms with Gasteiger partial charge < -0.3 is 9.84 Å². The van der Waals surface area contributed by atoms with Crippen molar-refractivity contribution >= 4 is 5.97 Å². The number of aliphatic carboxylic acids is 1. The van der Waals surface area contributed by atoms with E-state index in [1.54, 1.807) is 0 Å². The van der Waals surface area contributed by atoms with Crippen molar-refractivity contribution in [3.05, 3.63) is 34.9 Å². The van der Waals surface area contributed by atoms with Gasteiger partial charge in [0.05, 0.1) is 19.3 Å². The first-order chi connectivity index (χ1) is 11.4. The van der Waals surface area contributed by atoms with E-state index in [2.05, 4.69) is 36.9 Å². The van der Waals surface area contributed by atoms with Crippen molar-refractivity contribution in [2.24, 2.45) is 5.92 Å². The smallest absolute Gasteiger partial charge is 0.317 e. The molecule has 5 heteroatoms. The summed E-state index contributed by atoms with van der Waals surface area (Å²) in [6.45, 7) is 7.74. The fourth-order valence-corrected chi connectivity index (χ4v) is 4.25. The predicted octanol–water partition coefficient (Wildman–Crippen LogP) is 1.95. The molecule has 1 aliphatic heterocycles. The van der Waals surface area contributed by atoms with Gasteiger partial charge in [0, 0.05) is 25.7 Å². The van der Waals surface area contributed by atoms with Gasteiger partial charge in [0.1, 0.15) is 0 Å². The minimum absolute atomic E-state index is 0.0573. The van der Waals surface area contributed by atoms with Crippen molar-refractivity contribution in [1.82, 2.24) is 9.80 Å². The first-order valence-corrected chi connectivity index (χ1v) is 8.79. The lowest BCUT2D eigenvalue weighted by atomic mass is 9.98. The van der Waals surface area contributed by atoms with E-state index in [1.165, 1.54) is 16.7 Å². The summed E-state index contributed by atoms with van der Waals surface area (Å²) in [5, 5.41) is 8.92. The van der Waals surface area contributed by atoms with E-state index in [9.17, 15) is 4.79 Å². The summed E-state index contributed by atoms with van der Waals surface area (Å²) in [4.78, 5) is 15.2. The zero-order valence-electron chi connectivity index (χ0n) is 14.9. The molecule has 5 nitrogen and oxygen atoms in total. The molecular weight excluding hydrogens is 304 g/mol. The quantitative estimate of drug-likeness (QED) is 0.893. The maximum atomic E-state index is 10.8. The molecule has 1 saturated heterocycles. The number of carboxylic acid groups (broad SMARTS) is 1. The van der Waals surface area contributed by atoms with Gasteiger partial charge >= 0.3 is 5.97 Å². The van der Waals surface area contributed by atoms with Crippen LogP contribution < -0.4 is 0 Å². The largest absolute Gasteiger partial charge is 0.480 e. The summed E-state index contributed by atoms with van der Waals surface area (Å²) >= 11 is 0. The van der Waals surface area contributed by atoms with Crippen LogP contribution in [0.1, 0.15) is 29.7 Å². The number of carbonyl (C=O) groups is 1. The Morgan fingerprint density at radius 2 is 2.25 bits per heavy atom. The highest BCUT2D eigenvalue weighted by atomic mass is 16.5. The normalized spacial score (nSPS) is 27.4. The molecule has 24 heavy (non-hydrogen) atoms. The lowest BCUT2D eigenvalue weighted by molar-refractivity contribution is -0.138. The molecule has 1 N–H and O–H groups in total. The third-order valence-corrected chi connectivity index (χ3v) is 5.18. The van der Waals surface area contributed by atoms with Gasteiger partial charge in [0.25, 0.3) is 0 Å². The average molecular weight is 332 g/mol. The van der Waals surface area contributed by atoms with Gasteiger partial charge in [-0.15, -0.1) is 0 Å². The molecule has 0 radical (unpaired) electrons. The van der Waals surface area contributed by atoms with Crippen LogP contribution in [0, 0.1) is 12.8 Å². The number of fused-ring (bicyclic) bond motifs is 1. The van der Waals surface area contributed by atoms with Gasteiger partial charge in [0.2, 0.25) is 0 Å². The van der Waals surface area contributed by atoms with Crippen LogP contribution in [0.15, 0.2) is 18.2 Å². The number of benzene rings is 1. The molecule has 3 rings (SSSR count). The number of aryl methyl sites for hydroxylation is 1. The lowest BCUT2D eigenvalue weighted by Gasteiger charge is -2.40. The van der Waals surface area contributed by atoms with Gasteiger partial charge in [-0.1, -0.05) is 30.7 Å². The predicted molar refractivity (Wildman–Crippen MR) is 93.2 cm³/mol. The second-order valence-electron chi connectivity index (χ2n) is 7.41. The van der Waals surface area contributed by atoms with Gasteiger partial charge in [-0.2, -0.15) is 0 Å². The Balaban J connectivity index is 1.69. The van der Waals surface area contributed by atoms with Crippen molar-refractivity contribution in [2.75, 3.05) is 39.8 Å². The molecule has 1 fully saturated rings. The molecule has 0 amide bonds. The van der Waals surface area contributed by atoms with Crippen LogP contribution in [0.25, 0.3) is 0 Å². The van der Waals surface area contributed by atoms with E-state index in [4.69, 9.17) is 9.84 Å². The summed E-state index contributed by atoms with van der Waals surface area (Å²) in [6, 6.07) is 7.28. The standard InChI is InChI=1S/C19H28N2O3/c1-13-4-5-15-9-14(2)19(17(15)8-13)21-6-7-24-16(11-21)10-20(3)12-18(22)23/h4-5,8,14,16,19H,6-7,9-12H2,1-3H3,(H,22,23). The van der Waals surface area contributed by atoms with E-state index in [0.717, 1.165) is 26.1 Å². The molecule has 3 unspecified atom stereocenters. The molecule has 1 heterocycles. The van der Waals surface area contributed by atoms with Crippen LogP contribution in [-0.4, -0.2) is 66.8 Å². The number of likely N-dealkylation sites (N-methyl/N-ethyl adjacent to an activating group) is 1. The highest BCUT2D eigenvalue weighted by molar-refractivity contribution is 5.69. The van der Waals surface area contributed by atoms with Crippen LogP contribution >= 0.6 is 0 Å². The van der Waals surface area contributed by atoms with E-state index in [0.29, 0.717) is 18.5 Å². The number of hydrogen-bond donors (Lipinski definition) is 1. The summed E-state index contributed by atoms with van der Waals surface area (Å²) in [7, 11) is 1.84. The van der Waals surface area contributed by atoms with Crippen LogP contribution in [-0.2, 0) is 16.0 Å². The zero-order valence-corrected chi connectivity index (χ0v) is 14.9. The Labute approximate surface area is 144 Å². The summed E-state index contributed by atoms with van der Waals surface area (Å²) in [5.74, 6) is -0.184. The van der Waals surface area contributed by atoms with Gasteiger partial charge in [-0.3, -0.25) is 14.6 Å². The molecule has 1 aliphatic carbocycles. The van der Waals surface area contributed by atoms with E-state index in [1.807, 2.05) is 11.9 Å². The Hall–Kier alpha value is -1.43. The fourth-order valence-electron chi connectivity index (χ4n) is 4.25. The molecule has 0 bridgehead atoms. The second-order valence-corrected chi connectivity index (χ2v) is 7.41. The molecule has 132 valence electrons. The fraction of sp³-hybridized carbons (Fsp3) is 0.632. The minimum atomic E-state index is -0.793. The van der Waals surface area contributed by atoms with E-state index >= 15 is 0 Å². The number of hydrogen-bond acceptors (Lipinski definition) is 4.